The lowest BCUT2D eigenvalue weighted by molar-refractivity contribution is 0.102. The van der Waals surface area contributed by atoms with Crippen molar-refractivity contribution in [3.8, 4) is 5.75 Å². The molecule has 0 radical (unpaired) electrons. The summed E-state index contributed by atoms with van der Waals surface area (Å²) < 4.78 is 0.902. The molecule has 3 aromatic rings. The van der Waals surface area contributed by atoms with Crippen LogP contribution in [0.2, 0.25) is 0 Å². The van der Waals surface area contributed by atoms with Crippen LogP contribution in [0.1, 0.15) is 27.3 Å². The van der Waals surface area contributed by atoms with Crippen molar-refractivity contribution in [2.45, 2.75) is 20.8 Å². The summed E-state index contributed by atoms with van der Waals surface area (Å²) in [7, 11) is 0. The quantitative estimate of drug-likeness (QED) is 0.629. The molecule has 0 aliphatic heterocycles. The second-order valence-corrected chi connectivity index (χ2v) is 6.34. The number of benzene rings is 1. The van der Waals surface area contributed by atoms with E-state index in [1.54, 1.807) is 19.9 Å². The minimum atomic E-state index is -0.270. The summed E-state index contributed by atoms with van der Waals surface area (Å²) in [4.78, 5) is 19.9. The Morgan fingerprint density at radius 2 is 2.00 bits per heavy atom. The number of amides is 1. The average molecular weight is 374 g/mol. The first-order chi connectivity index (χ1) is 10.9. The summed E-state index contributed by atoms with van der Waals surface area (Å²) in [6.07, 6.45) is 0. The van der Waals surface area contributed by atoms with Gasteiger partial charge in [-0.05, 0) is 60.0 Å². The highest BCUT2D eigenvalue weighted by Crippen LogP contribution is 2.28. The number of carbonyl (C=O) groups excluding carboxylic acids is 1. The van der Waals surface area contributed by atoms with Crippen LogP contribution in [-0.2, 0) is 0 Å². The largest absolute Gasteiger partial charge is 0.506 e. The van der Waals surface area contributed by atoms with Crippen LogP contribution >= 0.6 is 15.9 Å². The predicted octanol–water partition coefficient (Wildman–Crippen LogP) is 4.21. The van der Waals surface area contributed by atoms with Crippen molar-refractivity contribution in [1.29, 1.82) is 0 Å². The number of nitrogens with one attached hydrogen (secondary N) is 2. The summed E-state index contributed by atoms with van der Waals surface area (Å²) >= 11 is 3.46. The number of halogens is 1. The molecule has 3 N–H and O–H groups in total. The van der Waals surface area contributed by atoms with Gasteiger partial charge in [0.1, 0.15) is 17.3 Å². The van der Waals surface area contributed by atoms with E-state index in [1.165, 1.54) is 0 Å². The molecule has 2 heterocycles. The Morgan fingerprint density at radius 3 is 2.70 bits per heavy atom. The highest BCUT2D eigenvalue weighted by molar-refractivity contribution is 9.10. The number of pyridine rings is 1. The lowest BCUT2D eigenvalue weighted by Gasteiger charge is -2.12. The van der Waals surface area contributed by atoms with E-state index in [-0.39, 0.29) is 11.7 Å². The van der Waals surface area contributed by atoms with Crippen molar-refractivity contribution in [2.75, 3.05) is 5.32 Å². The number of anilines is 1. The van der Waals surface area contributed by atoms with Crippen molar-refractivity contribution in [3.05, 3.63) is 51.3 Å². The molecule has 6 heteroatoms. The standard InChI is InChI=1S/C17H16BrN3O2/c1-8-9(2)16(19-10(3)15(8)22)21-17(23)13-7-11-5-4-6-12(18)14(11)20-13/h4-7,20,22H,1-3H3,(H,19,21,23). The van der Waals surface area contributed by atoms with Gasteiger partial charge in [0.25, 0.3) is 5.91 Å². The van der Waals surface area contributed by atoms with Crippen LogP contribution in [0.5, 0.6) is 5.75 Å². The fourth-order valence-corrected chi connectivity index (χ4v) is 2.95. The third-order valence-corrected chi connectivity index (χ3v) is 4.64. The summed E-state index contributed by atoms with van der Waals surface area (Å²) in [5.41, 5.74) is 3.28. The van der Waals surface area contributed by atoms with Crippen LogP contribution in [0, 0.1) is 20.8 Å². The number of aromatic hydroxyl groups is 1. The van der Waals surface area contributed by atoms with E-state index in [0.29, 0.717) is 22.8 Å². The molecule has 0 unspecified atom stereocenters. The molecule has 0 aliphatic rings. The summed E-state index contributed by atoms with van der Waals surface area (Å²) in [5.74, 6) is 0.351. The number of aromatic amines is 1. The number of nitrogens with zero attached hydrogens (tertiary/aromatic N) is 1. The number of aryl methyl sites for hydroxylation is 1. The predicted molar refractivity (Wildman–Crippen MR) is 94.1 cm³/mol. The highest BCUT2D eigenvalue weighted by Gasteiger charge is 2.16. The van der Waals surface area contributed by atoms with Crippen molar-refractivity contribution < 1.29 is 9.90 Å². The fourth-order valence-electron chi connectivity index (χ4n) is 2.47. The maximum Gasteiger partial charge on any atom is 0.273 e. The number of para-hydroxylation sites is 1. The minimum Gasteiger partial charge on any atom is -0.506 e. The Kier molecular flexibility index (Phi) is 3.85. The second-order valence-electron chi connectivity index (χ2n) is 5.49. The van der Waals surface area contributed by atoms with E-state index in [0.717, 1.165) is 20.9 Å². The number of hydrogen-bond donors (Lipinski definition) is 3. The molecule has 0 saturated carbocycles. The van der Waals surface area contributed by atoms with Gasteiger partial charge in [-0.3, -0.25) is 4.79 Å². The molecule has 2 aromatic heterocycles. The normalized spacial score (nSPS) is 11.0. The molecule has 0 saturated heterocycles. The second kappa shape index (κ2) is 5.70. The van der Waals surface area contributed by atoms with Crippen LogP contribution in [0.3, 0.4) is 0 Å². The average Bonchev–Trinajstić information content (AvgIpc) is 2.96. The van der Waals surface area contributed by atoms with Crippen molar-refractivity contribution in [2.24, 2.45) is 0 Å². The smallest absolute Gasteiger partial charge is 0.273 e. The van der Waals surface area contributed by atoms with Crippen molar-refractivity contribution in [3.63, 3.8) is 0 Å². The molecule has 0 spiro atoms. The monoisotopic (exact) mass is 373 g/mol. The summed E-state index contributed by atoms with van der Waals surface area (Å²) in [6, 6.07) is 7.57. The number of rotatable bonds is 2. The maximum absolute atomic E-state index is 12.5. The Balaban J connectivity index is 1.97. The van der Waals surface area contributed by atoms with Crippen LogP contribution in [0.15, 0.2) is 28.7 Å². The van der Waals surface area contributed by atoms with E-state index in [1.807, 2.05) is 25.1 Å². The van der Waals surface area contributed by atoms with Gasteiger partial charge in [-0.2, -0.15) is 0 Å². The first kappa shape index (κ1) is 15.6. The molecule has 0 atom stereocenters. The van der Waals surface area contributed by atoms with Gasteiger partial charge in [-0.15, -0.1) is 0 Å². The van der Waals surface area contributed by atoms with E-state index in [9.17, 15) is 9.90 Å². The van der Waals surface area contributed by atoms with Crippen LogP contribution in [0.4, 0.5) is 5.82 Å². The number of fused-ring (bicyclic) bond motifs is 1. The molecule has 23 heavy (non-hydrogen) atoms. The van der Waals surface area contributed by atoms with Crippen molar-refractivity contribution in [1.82, 2.24) is 9.97 Å². The van der Waals surface area contributed by atoms with Gasteiger partial charge in [0.2, 0.25) is 0 Å². The zero-order valence-corrected chi connectivity index (χ0v) is 14.6. The molecular weight excluding hydrogens is 358 g/mol. The van der Waals surface area contributed by atoms with E-state index in [4.69, 9.17) is 0 Å². The van der Waals surface area contributed by atoms with Gasteiger partial charge in [0, 0.05) is 9.86 Å². The highest BCUT2D eigenvalue weighted by atomic mass is 79.9. The third-order valence-electron chi connectivity index (χ3n) is 3.98. The number of hydrogen-bond acceptors (Lipinski definition) is 3. The molecule has 1 amide bonds. The SMILES string of the molecule is Cc1nc(NC(=O)c2cc3cccc(Br)c3[nH]2)c(C)c(C)c1O. The first-order valence-electron chi connectivity index (χ1n) is 7.14. The summed E-state index contributed by atoms with van der Waals surface area (Å²) in [6.45, 7) is 5.32. The van der Waals surface area contributed by atoms with Gasteiger partial charge in [-0.25, -0.2) is 4.98 Å². The number of H-pyrrole nitrogens is 1. The molecule has 1 aromatic carbocycles. The Bertz CT molecular complexity index is 931. The molecule has 3 rings (SSSR count). The lowest BCUT2D eigenvalue weighted by atomic mass is 10.1. The van der Waals surface area contributed by atoms with Gasteiger partial charge in [0.15, 0.2) is 0 Å². The number of aromatic nitrogens is 2. The van der Waals surface area contributed by atoms with Gasteiger partial charge in [0.05, 0.1) is 11.2 Å². The van der Waals surface area contributed by atoms with Gasteiger partial charge >= 0.3 is 0 Å². The molecule has 0 aliphatic carbocycles. The molecule has 0 fully saturated rings. The van der Waals surface area contributed by atoms with Crippen LogP contribution < -0.4 is 5.32 Å². The molecule has 118 valence electrons. The van der Waals surface area contributed by atoms with Gasteiger partial charge < -0.3 is 15.4 Å². The number of carbonyl (C=O) groups is 1. The van der Waals surface area contributed by atoms with E-state index >= 15 is 0 Å². The topological polar surface area (TPSA) is 78.0 Å². The Hall–Kier alpha value is -2.34. The molecular formula is C17H16BrN3O2. The van der Waals surface area contributed by atoms with Gasteiger partial charge in [-0.1, -0.05) is 12.1 Å². The first-order valence-corrected chi connectivity index (χ1v) is 7.93. The minimum absolute atomic E-state index is 0.162. The fraction of sp³-hybridized carbons (Fsp3) is 0.176. The molecule has 5 nitrogen and oxygen atoms in total. The zero-order valence-electron chi connectivity index (χ0n) is 13.0. The summed E-state index contributed by atoms with van der Waals surface area (Å²) in [5, 5.41) is 13.7. The van der Waals surface area contributed by atoms with Crippen molar-refractivity contribution >= 4 is 38.6 Å². The Morgan fingerprint density at radius 1 is 1.26 bits per heavy atom. The maximum atomic E-state index is 12.5. The van der Waals surface area contributed by atoms with Crippen LogP contribution in [0.25, 0.3) is 10.9 Å². The molecule has 0 bridgehead atoms. The van der Waals surface area contributed by atoms with E-state index in [2.05, 4.69) is 31.2 Å². The van der Waals surface area contributed by atoms with Crippen LogP contribution in [-0.4, -0.2) is 21.0 Å². The van der Waals surface area contributed by atoms with E-state index < -0.39 is 0 Å². The zero-order chi connectivity index (χ0) is 16.7. The lowest BCUT2D eigenvalue weighted by Crippen LogP contribution is -2.15. The Labute approximate surface area is 141 Å². The third kappa shape index (κ3) is 2.70.